The van der Waals surface area contributed by atoms with E-state index in [9.17, 15) is 23.1 Å². The molecule has 1 saturated carbocycles. The second-order valence-corrected chi connectivity index (χ2v) is 8.25. The van der Waals surface area contributed by atoms with Gasteiger partial charge in [-0.25, -0.2) is 4.98 Å². The van der Waals surface area contributed by atoms with Crippen LogP contribution >= 0.6 is 0 Å². The number of anilines is 2. The molecule has 3 aromatic rings. The monoisotopic (exact) mass is 447 g/mol. The molecule has 0 bridgehead atoms. The highest BCUT2D eigenvalue weighted by Crippen LogP contribution is 2.34. The number of hydrogen-bond acceptors (Lipinski definition) is 5. The topological polar surface area (TPSA) is 83.3 Å². The Bertz CT molecular complexity index is 1130. The summed E-state index contributed by atoms with van der Waals surface area (Å²) in [5.74, 6) is -0.729. The van der Waals surface area contributed by atoms with Gasteiger partial charge in [0.2, 0.25) is 0 Å². The summed E-state index contributed by atoms with van der Waals surface area (Å²) in [7, 11) is 3.61. The molecule has 0 spiro atoms. The first-order valence-electron chi connectivity index (χ1n) is 10.4. The minimum Gasteiger partial charge on any atom is -0.393 e. The number of carbonyl (C=O) groups excluding carboxylic acids is 1. The maximum absolute atomic E-state index is 13.0. The highest BCUT2D eigenvalue weighted by molar-refractivity contribution is 6.06. The van der Waals surface area contributed by atoms with Crippen LogP contribution in [-0.4, -0.2) is 46.0 Å². The van der Waals surface area contributed by atoms with E-state index in [1.54, 1.807) is 25.1 Å². The van der Waals surface area contributed by atoms with Crippen molar-refractivity contribution >= 4 is 28.2 Å². The Morgan fingerprint density at radius 1 is 1.19 bits per heavy atom. The minimum atomic E-state index is -4.63. The Labute approximate surface area is 182 Å². The van der Waals surface area contributed by atoms with Gasteiger partial charge in [0, 0.05) is 25.7 Å². The quantitative estimate of drug-likeness (QED) is 0.625. The molecule has 32 heavy (non-hydrogen) atoms. The van der Waals surface area contributed by atoms with Crippen molar-refractivity contribution in [1.29, 1.82) is 0 Å². The summed E-state index contributed by atoms with van der Waals surface area (Å²) in [6.07, 6.45) is 0.136. The van der Waals surface area contributed by atoms with E-state index in [0.29, 0.717) is 11.4 Å². The van der Waals surface area contributed by atoms with E-state index >= 15 is 0 Å². The van der Waals surface area contributed by atoms with E-state index in [4.69, 9.17) is 0 Å². The van der Waals surface area contributed by atoms with Crippen molar-refractivity contribution in [3.05, 3.63) is 47.9 Å². The van der Waals surface area contributed by atoms with E-state index in [1.807, 2.05) is 16.9 Å². The lowest BCUT2D eigenvalue weighted by molar-refractivity contribution is -0.141. The zero-order chi connectivity index (χ0) is 23.0. The van der Waals surface area contributed by atoms with Gasteiger partial charge in [-0.15, -0.1) is 0 Å². The van der Waals surface area contributed by atoms with Gasteiger partial charge < -0.3 is 15.3 Å². The lowest BCUT2D eigenvalue weighted by Crippen LogP contribution is -2.21. The molecule has 0 atom stereocenters. The molecule has 2 heterocycles. The third-order valence-corrected chi connectivity index (χ3v) is 5.68. The van der Waals surface area contributed by atoms with Crippen LogP contribution in [0.1, 0.15) is 47.9 Å². The normalized spacial score (nSPS) is 19.2. The maximum Gasteiger partial charge on any atom is 0.433 e. The summed E-state index contributed by atoms with van der Waals surface area (Å²) in [6, 6.07) is 7.02. The summed E-state index contributed by atoms with van der Waals surface area (Å²) in [6.45, 7) is 0. The van der Waals surface area contributed by atoms with Gasteiger partial charge in [0.1, 0.15) is 11.4 Å². The summed E-state index contributed by atoms with van der Waals surface area (Å²) in [4.78, 5) is 17.9. The number of carbonyl (C=O) groups is 1. The Morgan fingerprint density at radius 3 is 2.56 bits per heavy atom. The Kier molecular flexibility index (Phi) is 5.81. The number of alkyl halides is 3. The van der Waals surface area contributed by atoms with Crippen LogP contribution in [-0.2, 0) is 6.18 Å². The van der Waals surface area contributed by atoms with Crippen LogP contribution in [0.3, 0.4) is 0 Å². The maximum atomic E-state index is 13.0. The van der Waals surface area contributed by atoms with Gasteiger partial charge >= 0.3 is 6.18 Å². The number of benzene rings is 1. The van der Waals surface area contributed by atoms with E-state index in [2.05, 4.69) is 15.4 Å². The van der Waals surface area contributed by atoms with Crippen molar-refractivity contribution in [1.82, 2.24) is 14.8 Å². The van der Waals surface area contributed by atoms with Gasteiger partial charge in [0.15, 0.2) is 0 Å². The number of aliphatic hydroxyl groups is 1. The SMILES string of the molecule is CN(C)c1cc2nn([C@H]3CC[C@@H](O)CC3)cc2cc1NC(=O)c1cccc(C(F)(F)F)n1. The zero-order valence-electron chi connectivity index (χ0n) is 17.7. The predicted molar refractivity (Wildman–Crippen MR) is 115 cm³/mol. The average molecular weight is 447 g/mol. The number of nitrogens with zero attached hydrogens (tertiary/aromatic N) is 4. The Balaban J connectivity index is 1.64. The molecule has 7 nitrogen and oxygen atoms in total. The fourth-order valence-electron chi connectivity index (χ4n) is 3.97. The fourth-order valence-corrected chi connectivity index (χ4v) is 3.97. The third kappa shape index (κ3) is 4.55. The number of pyridine rings is 1. The minimum absolute atomic E-state index is 0.195. The average Bonchev–Trinajstić information content (AvgIpc) is 3.16. The first-order chi connectivity index (χ1) is 15.1. The van der Waals surface area contributed by atoms with Crippen molar-refractivity contribution in [2.75, 3.05) is 24.3 Å². The molecule has 4 rings (SSSR count). The highest BCUT2D eigenvalue weighted by Gasteiger charge is 2.33. The van der Waals surface area contributed by atoms with Gasteiger partial charge in [-0.05, 0) is 49.9 Å². The van der Waals surface area contributed by atoms with Gasteiger partial charge in [-0.3, -0.25) is 9.48 Å². The van der Waals surface area contributed by atoms with E-state index in [-0.39, 0.29) is 17.8 Å². The van der Waals surface area contributed by atoms with E-state index in [1.165, 1.54) is 6.07 Å². The lowest BCUT2D eigenvalue weighted by atomic mass is 9.93. The van der Waals surface area contributed by atoms with Crippen LogP contribution in [0.4, 0.5) is 24.5 Å². The number of fused-ring (bicyclic) bond motifs is 1. The van der Waals surface area contributed by atoms with Crippen LogP contribution in [0.5, 0.6) is 0 Å². The van der Waals surface area contributed by atoms with Crippen molar-refractivity contribution in [3.8, 4) is 0 Å². The fraction of sp³-hybridized carbons (Fsp3) is 0.409. The van der Waals surface area contributed by atoms with Gasteiger partial charge in [0.05, 0.1) is 29.0 Å². The molecule has 1 aliphatic carbocycles. The first kappa shape index (κ1) is 22.1. The van der Waals surface area contributed by atoms with Gasteiger partial charge in [-0.1, -0.05) is 6.07 Å². The molecule has 0 unspecified atom stereocenters. The molecule has 1 aromatic carbocycles. The van der Waals surface area contributed by atoms with Crippen LogP contribution in [0, 0.1) is 0 Å². The van der Waals surface area contributed by atoms with Crippen LogP contribution in [0.25, 0.3) is 10.9 Å². The molecule has 2 aromatic heterocycles. The van der Waals surface area contributed by atoms with E-state index in [0.717, 1.165) is 48.7 Å². The van der Waals surface area contributed by atoms with Crippen molar-refractivity contribution < 1.29 is 23.1 Å². The zero-order valence-corrected chi connectivity index (χ0v) is 17.7. The molecule has 0 radical (unpaired) electrons. The number of hydrogen-bond donors (Lipinski definition) is 2. The molecule has 2 N–H and O–H groups in total. The molecular formula is C22H24F3N5O2. The highest BCUT2D eigenvalue weighted by atomic mass is 19.4. The Hall–Kier alpha value is -3.14. The largest absolute Gasteiger partial charge is 0.433 e. The number of halogens is 3. The summed E-state index contributed by atoms with van der Waals surface area (Å²) in [5, 5.41) is 17.9. The van der Waals surface area contributed by atoms with Crippen LogP contribution in [0.15, 0.2) is 36.5 Å². The second-order valence-electron chi connectivity index (χ2n) is 8.25. The van der Waals surface area contributed by atoms with E-state index < -0.39 is 17.8 Å². The van der Waals surface area contributed by atoms with Crippen molar-refractivity contribution in [2.24, 2.45) is 0 Å². The van der Waals surface area contributed by atoms with Crippen LogP contribution < -0.4 is 10.2 Å². The predicted octanol–water partition coefficient (Wildman–Crippen LogP) is 4.24. The first-order valence-corrected chi connectivity index (χ1v) is 10.4. The number of aliphatic hydroxyl groups excluding tert-OH is 1. The molecule has 1 aliphatic rings. The van der Waals surface area contributed by atoms with Crippen molar-refractivity contribution in [2.45, 2.75) is 44.0 Å². The Morgan fingerprint density at radius 2 is 1.91 bits per heavy atom. The number of amides is 1. The number of nitrogens with one attached hydrogen (secondary N) is 1. The van der Waals surface area contributed by atoms with Gasteiger partial charge in [0.25, 0.3) is 5.91 Å². The third-order valence-electron chi connectivity index (χ3n) is 5.68. The summed E-state index contributed by atoms with van der Waals surface area (Å²) < 4.78 is 40.8. The molecule has 0 saturated heterocycles. The number of aromatic nitrogens is 3. The smallest absolute Gasteiger partial charge is 0.393 e. The summed E-state index contributed by atoms with van der Waals surface area (Å²) >= 11 is 0. The molecule has 1 fully saturated rings. The molecule has 1 amide bonds. The molecule has 0 aliphatic heterocycles. The van der Waals surface area contributed by atoms with Gasteiger partial charge in [-0.2, -0.15) is 18.3 Å². The molecule has 170 valence electrons. The molecule has 10 heteroatoms. The number of rotatable bonds is 4. The van der Waals surface area contributed by atoms with Crippen LogP contribution in [0.2, 0.25) is 0 Å². The summed E-state index contributed by atoms with van der Waals surface area (Å²) in [5.41, 5.74) is 0.427. The standard InChI is InChI=1S/C22H24F3N5O2/c1-29(2)19-11-17-13(12-30(28-17)14-6-8-15(31)9-7-14)10-18(19)27-21(32)16-4-3-5-20(26-16)22(23,24)25/h3-5,10-12,14-15,31H,6-9H2,1-2H3,(H,27,32)/t14-,15+. The lowest BCUT2D eigenvalue weighted by Gasteiger charge is -2.25. The second kappa shape index (κ2) is 8.42. The van der Waals surface area contributed by atoms with Crippen molar-refractivity contribution in [3.63, 3.8) is 0 Å². The molecular weight excluding hydrogens is 423 g/mol.